The second-order valence-corrected chi connectivity index (χ2v) is 5.05. The predicted octanol–water partition coefficient (Wildman–Crippen LogP) is 5.43. The van der Waals surface area contributed by atoms with Crippen molar-refractivity contribution in [1.82, 2.24) is 0 Å². The van der Waals surface area contributed by atoms with Gasteiger partial charge in [0.1, 0.15) is 5.82 Å². The van der Waals surface area contributed by atoms with Gasteiger partial charge >= 0.3 is 6.03 Å². The lowest BCUT2D eigenvalue weighted by molar-refractivity contribution is 0.262. The van der Waals surface area contributed by atoms with Crippen molar-refractivity contribution >= 4 is 52.2 Å². The molecule has 0 unspecified atom stereocenters. The van der Waals surface area contributed by atoms with Gasteiger partial charge < -0.3 is 10.6 Å². The Hall–Kier alpha value is -1.49. The van der Waals surface area contributed by atoms with Crippen LogP contribution in [0.4, 0.5) is 20.6 Å². The van der Waals surface area contributed by atoms with Gasteiger partial charge in [0.15, 0.2) is 0 Å². The Morgan fingerprint density at radius 1 is 1.00 bits per heavy atom. The Morgan fingerprint density at radius 3 is 2.40 bits per heavy atom. The van der Waals surface area contributed by atoms with Gasteiger partial charge in [-0.2, -0.15) is 0 Å². The summed E-state index contributed by atoms with van der Waals surface area (Å²) in [6, 6.07) is 8.02. The predicted molar refractivity (Wildman–Crippen MR) is 80.5 cm³/mol. The SMILES string of the molecule is O=C(Nc1ccc(Cl)cc1Cl)Nc1c(F)cccc1Cl. The molecule has 2 aromatic rings. The summed E-state index contributed by atoms with van der Waals surface area (Å²) < 4.78 is 13.5. The first-order chi connectivity index (χ1) is 9.47. The Balaban J connectivity index is 2.13. The number of hydrogen-bond donors (Lipinski definition) is 2. The molecule has 0 aromatic heterocycles. The van der Waals surface area contributed by atoms with E-state index in [4.69, 9.17) is 34.8 Å². The topological polar surface area (TPSA) is 41.1 Å². The van der Waals surface area contributed by atoms with Crippen molar-refractivity contribution in [2.24, 2.45) is 0 Å². The lowest BCUT2D eigenvalue weighted by Gasteiger charge is -2.11. The van der Waals surface area contributed by atoms with Crippen LogP contribution in [0.1, 0.15) is 0 Å². The van der Waals surface area contributed by atoms with E-state index in [-0.39, 0.29) is 15.7 Å². The van der Waals surface area contributed by atoms with Gasteiger partial charge in [0.2, 0.25) is 0 Å². The van der Waals surface area contributed by atoms with E-state index in [2.05, 4.69) is 10.6 Å². The second kappa shape index (κ2) is 6.31. The minimum atomic E-state index is -0.666. The van der Waals surface area contributed by atoms with Crippen LogP contribution in [0.2, 0.25) is 15.1 Å². The van der Waals surface area contributed by atoms with E-state index in [0.29, 0.717) is 10.7 Å². The molecule has 2 N–H and O–H groups in total. The van der Waals surface area contributed by atoms with E-state index in [9.17, 15) is 9.18 Å². The molecule has 3 nitrogen and oxygen atoms in total. The minimum Gasteiger partial charge on any atom is -0.306 e. The van der Waals surface area contributed by atoms with Gasteiger partial charge in [-0.3, -0.25) is 0 Å². The molecule has 0 radical (unpaired) electrons. The molecule has 7 heteroatoms. The number of para-hydroxylation sites is 1. The maximum absolute atomic E-state index is 13.5. The largest absolute Gasteiger partial charge is 0.323 e. The van der Waals surface area contributed by atoms with E-state index in [1.165, 1.54) is 30.3 Å². The molecule has 2 amide bonds. The summed E-state index contributed by atoms with van der Waals surface area (Å²) in [6.07, 6.45) is 0. The van der Waals surface area contributed by atoms with Crippen LogP contribution in [0.5, 0.6) is 0 Å². The first-order valence-corrected chi connectivity index (χ1v) is 6.58. The highest BCUT2D eigenvalue weighted by Gasteiger charge is 2.11. The van der Waals surface area contributed by atoms with Crippen molar-refractivity contribution in [2.75, 3.05) is 10.6 Å². The van der Waals surface area contributed by atoms with Crippen LogP contribution in [0.15, 0.2) is 36.4 Å². The average molecular weight is 334 g/mol. The van der Waals surface area contributed by atoms with Gasteiger partial charge in [-0.1, -0.05) is 40.9 Å². The van der Waals surface area contributed by atoms with Gasteiger partial charge in [0, 0.05) is 5.02 Å². The van der Waals surface area contributed by atoms with Gasteiger partial charge in [-0.25, -0.2) is 9.18 Å². The molecule has 0 atom stereocenters. The highest BCUT2D eigenvalue weighted by Crippen LogP contribution is 2.27. The van der Waals surface area contributed by atoms with E-state index < -0.39 is 11.8 Å². The fourth-order valence-electron chi connectivity index (χ4n) is 1.48. The number of carbonyl (C=O) groups excluding carboxylic acids is 1. The van der Waals surface area contributed by atoms with Crippen molar-refractivity contribution in [1.29, 1.82) is 0 Å². The smallest absolute Gasteiger partial charge is 0.306 e. The number of halogens is 4. The van der Waals surface area contributed by atoms with Crippen LogP contribution in [0, 0.1) is 5.82 Å². The van der Waals surface area contributed by atoms with Crippen molar-refractivity contribution in [3.63, 3.8) is 0 Å². The van der Waals surface area contributed by atoms with Gasteiger partial charge in [-0.05, 0) is 30.3 Å². The fraction of sp³-hybridized carbons (Fsp3) is 0. The van der Waals surface area contributed by atoms with E-state index in [1.54, 1.807) is 6.07 Å². The normalized spacial score (nSPS) is 10.2. The molecule has 0 heterocycles. The highest BCUT2D eigenvalue weighted by atomic mass is 35.5. The Kier molecular flexibility index (Phi) is 4.70. The molecule has 0 saturated heterocycles. The Morgan fingerprint density at radius 2 is 1.75 bits per heavy atom. The standard InChI is InChI=1S/C13H8Cl3FN2O/c14-7-4-5-11(9(16)6-7)18-13(20)19-12-8(15)2-1-3-10(12)17/h1-6H,(H2,18,19,20). The molecule has 20 heavy (non-hydrogen) atoms. The molecule has 0 aliphatic heterocycles. The number of rotatable bonds is 2. The second-order valence-electron chi connectivity index (χ2n) is 3.80. The molecule has 2 aromatic carbocycles. The quantitative estimate of drug-likeness (QED) is 0.756. The Labute approximate surface area is 129 Å². The van der Waals surface area contributed by atoms with Crippen molar-refractivity contribution in [3.8, 4) is 0 Å². The lowest BCUT2D eigenvalue weighted by Crippen LogP contribution is -2.20. The van der Waals surface area contributed by atoms with Crippen LogP contribution in [0.3, 0.4) is 0 Å². The van der Waals surface area contributed by atoms with Crippen LogP contribution < -0.4 is 10.6 Å². The third-order valence-corrected chi connectivity index (χ3v) is 3.24. The highest BCUT2D eigenvalue weighted by molar-refractivity contribution is 6.37. The summed E-state index contributed by atoms with van der Waals surface area (Å²) in [4.78, 5) is 11.8. The average Bonchev–Trinajstić information content (AvgIpc) is 2.37. The lowest BCUT2D eigenvalue weighted by atomic mass is 10.3. The van der Waals surface area contributed by atoms with E-state index in [1.807, 2.05) is 0 Å². The third-order valence-electron chi connectivity index (χ3n) is 2.38. The Bertz CT molecular complexity index is 644. The maximum atomic E-state index is 13.5. The molecule has 104 valence electrons. The molecule has 0 saturated carbocycles. The van der Waals surface area contributed by atoms with Gasteiger partial charge in [0.25, 0.3) is 0 Å². The molecular weight excluding hydrogens is 326 g/mol. The minimum absolute atomic E-state index is 0.0994. The number of anilines is 2. The van der Waals surface area contributed by atoms with Crippen LogP contribution in [-0.2, 0) is 0 Å². The molecule has 2 rings (SSSR count). The molecule has 0 aliphatic carbocycles. The van der Waals surface area contributed by atoms with Gasteiger partial charge in [-0.15, -0.1) is 0 Å². The summed E-state index contributed by atoms with van der Waals surface area (Å²) in [7, 11) is 0. The van der Waals surface area contributed by atoms with E-state index >= 15 is 0 Å². The first kappa shape index (κ1) is 14.9. The summed E-state index contributed by atoms with van der Waals surface area (Å²) in [6.45, 7) is 0. The maximum Gasteiger partial charge on any atom is 0.323 e. The third kappa shape index (κ3) is 3.54. The van der Waals surface area contributed by atoms with Crippen LogP contribution >= 0.6 is 34.8 Å². The first-order valence-electron chi connectivity index (χ1n) is 5.44. The van der Waals surface area contributed by atoms with Crippen molar-refractivity contribution in [3.05, 3.63) is 57.3 Å². The summed E-state index contributed by atoms with van der Waals surface area (Å²) in [5.74, 6) is -0.630. The number of urea groups is 1. The summed E-state index contributed by atoms with van der Waals surface area (Å²) in [5, 5.41) is 5.61. The van der Waals surface area contributed by atoms with Crippen molar-refractivity contribution < 1.29 is 9.18 Å². The molecule has 0 aliphatic rings. The number of benzene rings is 2. The zero-order chi connectivity index (χ0) is 14.7. The number of nitrogens with one attached hydrogen (secondary N) is 2. The molecular formula is C13H8Cl3FN2O. The number of amides is 2. The van der Waals surface area contributed by atoms with E-state index in [0.717, 1.165) is 0 Å². The van der Waals surface area contributed by atoms with Crippen LogP contribution in [0.25, 0.3) is 0 Å². The summed E-state index contributed by atoms with van der Waals surface area (Å²) >= 11 is 17.5. The summed E-state index contributed by atoms with van der Waals surface area (Å²) in [5.41, 5.74) is 0.248. The number of hydrogen-bond acceptors (Lipinski definition) is 1. The molecule has 0 spiro atoms. The zero-order valence-corrected chi connectivity index (χ0v) is 12.2. The van der Waals surface area contributed by atoms with Gasteiger partial charge in [0.05, 0.1) is 21.4 Å². The number of carbonyl (C=O) groups is 1. The van der Waals surface area contributed by atoms with Crippen LogP contribution in [-0.4, -0.2) is 6.03 Å². The van der Waals surface area contributed by atoms with Crippen molar-refractivity contribution in [2.45, 2.75) is 0 Å². The zero-order valence-electron chi connectivity index (χ0n) is 9.88. The monoisotopic (exact) mass is 332 g/mol. The molecule has 0 bridgehead atoms. The molecule has 0 fully saturated rings. The fourth-order valence-corrected chi connectivity index (χ4v) is 2.14.